The van der Waals surface area contributed by atoms with E-state index in [-0.39, 0.29) is 11.7 Å². The Bertz CT molecular complexity index is 616. The molecule has 0 saturated carbocycles. The number of amides is 1. The molecule has 20 heavy (non-hydrogen) atoms. The van der Waals surface area contributed by atoms with Crippen molar-refractivity contribution in [3.8, 4) is 0 Å². The van der Waals surface area contributed by atoms with Crippen molar-refractivity contribution in [2.24, 2.45) is 0 Å². The van der Waals surface area contributed by atoms with Crippen LogP contribution in [0.2, 0.25) is 0 Å². The van der Waals surface area contributed by atoms with Crippen molar-refractivity contribution in [3.05, 3.63) is 51.9 Å². The Labute approximate surface area is 134 Å². The van der Waals surface area contributed by atoms with Crippen molar-refractivity contribution in [1.82, 2.24) is 0 Å². The third-order valence-corrected chi connectivity index (χ3v) is 4.33. The molecular formula is C14H12FIN2OS. The number of anilines is 2. The number of para-hydroxylation sites is 1. The standard InChI is InChI=1S/C14H12FIN2OS/c15-9-5-10(17)7-11(6-9)20-8-14(19)18-13-4-2-1-3-12(13)16/h1-7H,8,17H2,(H,18,19). The van der Waals surface area contributed by atoms with Gasteiger partial charge in [0.1, 0.15) is 5.82 Å². The van der Waals surface area contributed by atoms with Gasteiger partial charge in [0.25, 0.3) is 0 Å². The quantitative estimate of drug-likeness (QED) is 0.466. The zero-order chi connectivity index (χ0) is 14.5. The van der Waals surface area contributed by atoms with Gasteiger partial charge >= 0.3 is 0 Å². The van der Waals surface area contributed by atoms with Crippen molar-refractivity contribution < 1.29 is 9.18 Å². The topological polar surface area (TPSA) is 55.1 Å². The molecule has 3 nitrogen and oxygen atoms in total. The van der Waals surface area contributed by atoms with Gasteiger partial charge in [-0.3, -0.25) is 4.79 Å². The molecule has 6 heteroatoms. The van der Waals surface area contributed by atoms with E-state index in [1.807, 2.05) is 24.3 Å². The average Bonchev–Trinajstić information content (AvgIpc) is 2.38. The van der Waals surface area contributed by atoms with Crippen LogP contribution in [0.5, 0.6) is 0 Å². The molecule has 0 aliphatic carbocycles. The lowest BCUT2D eigenvalue weighted by atomic mass is 10.3. The molecule has 2 aromatic rings. The first-order valence-corrected chi connectivity index (χ1v) is 7.84. The monoisotopic (exact) mass is 402 g/mol. The molecule has 0 aliphatic heterocycles. The second-order valence-corrected chi connectivity index (χ2v) is 6.25. The molecule has 0 saturated heterocycles. The maximum Gasteiger partial charge on any atom is 0.234 e. The number of halogens is 2. The maximum absolute atomic E-state index is 13.2. The van der Waals surface area contributed by atoms with Crippen molar-refractivity contribution in [1.29, 1.82) is 0 Å². The number of nitrogens with one attached hydrogen (secondary N) is 1. The number of rotatable bonds is 4. The summed E-state index contributed by atoms with van der Waals surface area (Å²) < 4.78 is 14.1. The van der Waals surface area contributed by atoms with E-state index in [2.05, 4.69) is 27.9 Å². The summed E-state index contributed by atoms with van der Waals surface area (Å²) in [6.45, 7) is 0. The zero-order valence-electron chi connectivity index (χ0n) is 10.4. The Morgan fingerprint density at radius 1 is 1.30 bits per heavy atom. The Morgan fingerprint density at radius 2 is 2.05 bits per heavy atom. The molecule has 0 radical (unpaired) electrons. The SMILES string of the molecule is Nc1cc(F)cc(SCC(=O)Nc2ccccc2I)c1. The molecule has 0 heterocycles. The highest BCUT2D eigenvalue weighted by Gasteiger charge is 2.07. The number of thioether (sulfide) groups is 1. The van der Waals surface area contributed by atoms with Crippen molar-refractivity contribution >= 4 is 51.6 Å². The van der Waals surface area contributed by atoms with Crippen LogP contribution in [-0.4, -0.2) is 11.7 Å². The first-order valence-electron chi connectivity index (χ1n) is 5.78. The molecule has 2 rings (SSSR count). The summed E-state index contributed by atoms with van der Waals surface area (Å²) in [4.78, 5) is 12.5. The Hall–Kier alpha value is -1.28. The van der Waals surface area contributed by atoms with Crippen LogP contribution < -0.4 is 11.1 Å². The van der Waals surface area contributed by atoms with Crippen LogP contribution in [0.15, 0.2) is 47.4 Å². The van der Waals surface area contributed by atoms with E-state index in [1.165, 1.54) is 23.9 Å². The molecule has 0 unspecified atom stereocenters. The number of hydrogen-bond acceptors (Lipinski definition) is 3. The average molecular weight is 402 g/mol. The Morgan fingerprint density at radius 3 is 2.75 bits per heavy atom. The fraction of sp³-hybridized carbons (Fsp3) is 0.0714. The molecule has 0 fully saturated rings. The summed E-state index contributed by atoms with van der Waals surface area (Å²) in [7, 11) is 0. The van der Waals surface area contributed by atoms with Crippen LogP contribution in [-0.2, 0) is 4.79 Å². The molecule has 0 spiro atoms. The number of carbonyl (C=O) groups is 1. The van der Waals surface area contributed by atoms with Crippen LogP contribution in [0, 0.1) is 9.39 Å². The molecule has 1 amide bonds. The van der Waals surface area contributed by atoms with Crippen LogP contribution in [0.3, 0.4) is 0 Å². The van der Waals surface area contributed by atoms with E-state index in [4.69, 9.17) is 5.73 Å². The number of carbonyl (C=O) groups excluding carboxylic acids is 1. The second-order valence-electron chi connectivity index (χ2n) is 4.04. The third-order valence-electron chi connectivity index (χ3n) is 2.41. The summed E-state index contributed by atoms with van der Waals surface area (Å²) in [6, 6.07) is 11.8. The maximum atomic E-state index is 13.2. The van der Waals surface area contributed by atoms with E-state index in [9.17, 15) is 9.18 Å². The highest BCUT2D eigenvalue weighted by atomic mass is 127. The van der Waals surface area contributed by atoms with E-state index >= 15 is 0 Å². The fourth-order valence-corrected chi connectivity index (χ4v) is 2.87. The molecule has 0 aromatic heterocycles. The molecular weight excluding hydrogens is 390 g/mol. The van der Waals surface area contributed by atoms with Gasteiger partial charge in [-0.15, -0.1) is 11.8 Å². The van der Waals surface area contributed by atoms with Gasteiger partial charge in [-0.05, 0) is 52.9 Å². The summed E-state index contributed by atoms with van der Waals surface area (Å²) in [5.41, 5.74) is 6.68. The van der Waals surface area contributed by atoms with E-state index in [0.29, 0.717) is 10.6 Å². The summed E-state index contributed by atoms with van der Waals surface area (Å²) in [5.74, 6) is -0.333. The first-order chi connectivity index (χ1) is 9.54. The van der Waals surface area contributed by atoms with E-state index < -0.39 is 5.82 Å². The smallest absolute Gasteiger partial charge is 0.234 e. The van der Waals surface area contributed by atoms with Crippen molar-refractivity contribution in [3.63, 3.8) is 0 Å². The van der Waals surface area contributed by atoms with Gasteiger partial charge < -0.3 is 11.1 Å². The van der Waals surface area contributed by atoms with Crippen LogP contribution in [0.25, 0.3) is 0 Å². The Kier molecular flexibility index (Phi) is 5.24. The number of nitrogen functional groups attached to an aromatic ring is 1. The summed E-state index contributed by atoms with van der Waals surface area (Å²) in [6.07, 6.45) is 0. The van der Waals surface area contributed by atoms with Gasteiger partial charge in [-0.2, -0.15) is 0 Å². The highest BCUT2D eigenvalue weighted by molar-refractivity contribution is 14.1. The Balaban J connectivity index is 1.94. The predicted molar refractivity (Wildman–Crippen MR) is 89.3 cm³/mol. The van der Waals surface area contributed by atoms with E-state index in [1.54, 1.807) is 6.07 Å². The zero-order valence-corrected chi connectivity index (χ0v) is 13.4. The van der Waals surface area contributed by atoms with E-state index in [0.717, 1.165) is 9.26 Å². The largest absolute Gasteiger partial charge is 0.399 e. The van der Waals surface area contributed by atoms with Gasteiger partial charge in [0.2, 0.25) is 5.91 Å². The normalized spacial score (nSPS) is 10.3. The van der Waals surface area contributed by atoms with Crippen molar-refractivity contribution in [2.75, 3.05) is 16.8 Å². The first kappa shape index (κ1) is 15.1. The van der Waals surface area contributed by atoms with Crippen LogP contribution in [0.4, 0.5) is 15.8 Å². The van der Waals surface area contributed by atoms with Gasteiger partial charge in [0.15, 0.2) is 0 Å². The predicted octanol–water partition coefficient (Wildman–Crippen LogP) is 3.74. The highest BCUT2D eigenvalue weighted by Crippen LogP contribution is 2.23. The fourth-order valence-electron chi connectivity index (χ4n) is 1.57. The van der Waals surface area contributed by atoms with Crippen molar-refractivity contribution in [2.45, 2.75) is 4.90 Å². The lowest BCUT2D eigenvalue weighted by molar-refractivity contribution is -0.113. The molecule has 0 bridgehead atoms. The van der Waals surface area contributed by atoms with Gasteiger partial charge in [-0.1, -0.05) is 12.1 Å². The molecule has 0 atom stereocenters. The molecule has 104 valence electrons. The number of benzene rings is 2. The molecule has 3 N–H and O–H groups in total. The molecule has 0 aliphatic rings. The third kappa shape index (κ3) is 4.38. The van der Waals surface area contributed by atoms with Crippen LogP contribution >= 0.6 is 34.4 Å². The minimum Gasteiger partial charge on any atom is -0.399 e. The van der Waals surface area contributed by atoms with Crippen LogP contribution in [0.1, 0.15) is 0 Å². The number of nitrogens with two attached hydrogens (primary N) is 1. The number of hydrogen-bond donors (Lipinski definition) is 2. The second kappa shape index (κ2) is 6.94. The lowest BCUT2D eigenvalue weighted by Gasteiger charge is -2.07. The molecule has 2 aromatic carbocycles. The van der Waals surface area contributed by atoms with Gasteiger partial charge in [0.05, 0.1) is 11.4 Å². The minimum atomic E-state index is -0.398. The van der Waals surface area contributed by atoms with Gasteiger partial charge in [-0.25, -0.2) is 4.39 Å². The van der Waals surface area contributed by atoms with Gasteiger partial charge in [0, 0.05) is 14.2 Å². The lowest BCUT2D eigenvalue weighted by Crippen LogP contribution is -2.14. The minimum absolute atomic E-state index is 0.137. The summed E-state index contributed by atoms with van der Waals surface area (Å²) in [5, 5.41) is 2.82. The summed E-state index contributed by atoms with van der Waals surface area (Å²) >= 11 is 3.40.